The minimum absolute atomic E-state index is 0.0569. The minimum atomic E-state index is -4.07. The van der Waals surface area contributed by atoms with Gasteiger partial charge in [-0.1, -0.05) is 11.3 Å². The molecule has 0 radical (unpaired) electrons. The summed E-state index contributed by atoms with van der Waals surface area (Å²) in [5, 5.41) is 12.1. The number of carboxylic acid groups (broad SMARTS) is 1. The lowest BCUT2D eigenvalue weighted by Gasteiger charge is -2.20. The van der Waals surface area contributed by atoms with Crippen molar-refractivity contribution in [3.8, 4) is 10.4 Å². The summed E-state index contributed by atoms with van der Waals surface area (Å²) < 4.78 is 34.1. The number of aryl methyl sites for hydroxylation is 2. The SMILES string of the molecule is Cc1ncc(-c2sc(NC(=O)CC3CCOCC3)nc2C)cc1S(=O)(=O)Nc1ccc(C(=O)C(=O)O)cc1. The Morgan fingerprint density at radius 2 is 1.79 bits per heavy atom. The molecule has 1 aliphatic rings. The van der Waals surface area contributed by atoms with Crippen LogP contribution in [0.4, 0.5) is 10.8 Å². The average Bonchev–Trinajstić information content (AvgIpc) is 3.24. The van der Waals surface area contributed by atoms with Crippen molar-refractivity contribution in [2.75, 3.05) is 23.3 Å². The van der Waals surface area contributed by atoms with Gasteiger partial charge in [0, 0.05) is 42.6 Å². The van der Waals surface area contributed by atoms with Crippen LogP contribution in [0.3, 0.4) is 0 Å². The molecule has 1 aliphatic heterocycles. The smallest absolute Gasteiger partial charge is 0.377 e. The normalized spacial score (nSPS) is 14.2. The molecule has 0 aliphatic carbocycles. The number of sulfonamides is 1. The van der Waals surface area contributed by atoms with E-state index in [1.165, 1.54) is 41.7 Å². The predicted molar refractivity (Wildman–Crippen MR) is 141 cm³/mol. The number of carboxylic acids is 1. The van der Waals surface area contributed by atoms with Crippen molar-refractivity contribution < 1.29 is 32.6 Å². The molecular formula is C25H26N4O7S2. The Hall–Kier alpha value is -3.68. The van der Waals surface area contributed by atoms with Gasteiger partial charge >= 0.3 is 5.97 Å². The van der Waals surface area contributed by atoms with E-state index in [0.29, 0.717) is 40.9 Å². The molecule has 11 nitrogen and oxygen atoms in total. The van der Waals surface area contributed by atoms with Crippen molar-refractivity contribution in [2.45, 2.75) is 38.0 Å². The molecule has 0 bridgehead atoms. The van der Waals surface area contributed by atoms with Crippen LogP contribution in [-0.4, -0.2) is 54.4 Å². The molecule has 200 valence electrons. The average molecular weight is 559 g/mol. The lowest BCUT2D eigenvalue weighted by atomic mass is 9.96. The molecule has 13 heteroatoms. The number of thiazole rings is 1. The minimum Gasteiger partial charge on any atom is -0.475 e. The van der Waals surface area contributed by atoms with Crippen molar-refractivity contribution in [2.24, 2.45) is 5.92 Å². The van der Waals surface area contributed by atoms with Crippen LogP contribution in [0.5, 0.6) is 0 Å². The first-order valence-corrected chi connectivity index (χ1v) is 14.1. The van der Waals surface area contributed by atoms with E-state index in [4.69, 9.17) is 9.84 Å². The molecule has 2 aromatic heterocycles. The molecule has 3 heterocycles. The molecule has 4 rings (SSSR count). The molecule has 38 heavy (non-hydrogen) atoms. The van der Waals surface area contributed by atoms with Crippen LogP contribution in [0.1, 0.15) is 41.0 Å². The van der Waals surface area contributed by atoms with Gasteiger partial charge in [-0.05, 0) is 62.9 Å². The number of carbonyl (C=O) groups excluding carboxylic acids is 2. The summed E-state index contributed by atoms with van der Waals surface area (Å²) in [5.74, 6) is -2.54. The third-order valence-corrected chi connectivity index (χ3v) is 8.66. The molecule has 1 fully saturated rings. The number of benzene rings is 1. The zero-order valence-electron chi connectivity index (χ0n) is 20.7. The van der Waals surface area contributed by atoms with Gasteiger partial charge in [0.15, 0.2) is 5.13 Å². The number of nitrogens with zero attached hydrogens (tertiary/aromatic N) is 2. The Kier molecular flexibility index (Phi) is 8.19. The Labute approximate surface area is 223 Å². The first-order valence-electron chi connectivity index (χ1n) is 11.8. The third kappa shape index (κ3) is 6.41. The van der Waals surface area contributed by atoms with Gasteiger partial charge in [0.1, 0.15) is 4.90 Å². The number of hydrogen-bond donors (Lipinski definition) is 3. The second-order valence-corrected chi connectivity index (χ2v) is 11.5. The van der Waals surface area contributed by atoms with E-state index < -0.39 is 21.8 Å². The number of ether oxygens (including phenoxy) is 1. The number of aliphatic carboxylic acids is 1. The fourth-order valence-corrected chi connectivity index (χ4v) is 6.28. The number of carbonyl (C=O) groups is 3. The zero-order valence-corrected chi connectivity index (χ0v) is 22.3. The van der Waals surface area contributed by atoms with E-state index >= 15 is 0 Å². The zero-order chi connectivity index (χ0) is 27.4. The van der Waals surface area contributed by atoms with E-state index in [9.17, 15) is 22.8 Å². The van der Waals surface area contributed by atoms with Gasteiger partial charge in [0.25, 0.3) is 15.8 Å². The Balaban J connectivity index is 1.51. The second-order valence-electron chi connectivity index (χ2n) is 8.87. The van der Waals surface area contributed by atoms with Gasteiger partial charge in [0.2, 0.25) is 5.91 Å². The maximum Gasteiger partial charge on any atom is 0.377 e. The molecule has 0 unspecified atom stereocenters. The number of pyridine rings is 1. The van der Waals surface area contributed by atoms with Crippen LogP contribution < -0.4 is 10.0 Å². The maximum absolute atomic E-state index is 13.2. The molecule has 1 saturated heterocycles. The quantitative estimate of drug-likeness (QED) is 0.263. The second kappa shape index (κ2) is 11.4. The van der Waals surface area contributed by atoms with Crippen LogP contribution in [0.15, 0.2) is 41.4 Å². The molecule has 0 spiro atoms. The van der Waals surface area contributed by atoms with Crippen molar-refractivity contribution >= 4 is 49.8 Å². The number of amides is 1. The van der Waals surface area contributed by atoms with Gasteiger partial charge in [-0.2, -0.15) is 0 Å². The fourth-order valence-electron chi connectivity index (χ4n) is 4.03. The first-order chi connectivity index (χ1) is 18.0. The Morgan fingerprint density at radius 1 is 1.11 bits per heavy atom. The van der Waals surface area contributed by atoms with Gasteiger partial charge in [-0.25, -0.2) is 18.2 Å². The van der Waals surface area contributed by atoms with Crippen LogP contribution in [-0.2, 0) is 24.3 Å². The first kappa shape index (κ1) is 27.4. The number of nitrogens with one attached hydrogen (secondary N) is 2. The Morgan fingerprint density at radius 3 is 2.45 bits per heavy atom. The van der Waals surface area contributed by atoms with Crippen molar-refractivity contribution in [3.63, 3.8) is 0 Å². The summed E-state index contributed by atoms with van der Waals surface area (Å²) in [4.78, 5) is 44.2. The van der Waals surface area contributed by atoms with E-state index in [0.717, 1.165) is 12.8 Å². The number of hydrogen-bond acceptors (Lipinski definition) is 9. The molecule has 0 atom stereocenters. The number of anilines is 2. The molecule has 3 N–H and O–H groups in total. The monoisotopic (exact) mass is 558 g/mol. The van der Waals surface area contributed by atoms with Gasteiger partial charge in [-0.3, -0.25) is 19.3 Å². The standard InChI is InChI=1S/C25H26N4O7S2/c1-14-20(38(34,35)29-19-5-3-17(4-6-19)22(31)24(32)33)12-18(13-26-14)23-15(2)27-25(37-23)28-21(30)11-16-7-9-36-10-8-16/h3-6,12-13,16,29H,7-11H2,1-2H3,(H,32,33)(H,27,28,30). The van der Waals surface area contributed by atoms with E-state index in [2.05, 4.69) is 20.0 Å². The summed E-state index contributed by atoms with van der Waals surface area (Å²) in [6.45, 7) is 4.66. The van der Waals surface area contributed by atoms with Crippen LogP contribution >= 0.6 is 11.3 Å². The van der Waals surface area contributed by atoms with E-state index in [1.807, 2.05) is 0 Å². The number of Topliss-reactive ketones (excluding diaryl/α,β-unsaturated/α-hetero) is 1. The molecule has 3 aromatic rings. The summed E-state index contributed by atoms with van der Waals surface area (Å²) >= 11 is 1.24. The molecule has 1 aromatic carbocycles. The van der Waals surface area contributed by atoms with Crippen LogP contribution in [0.2, 0.25) is 0 Å². The lowest BCUT2D eigenvalue weighted by Crippen LogP contribution is -2.22. The van der Waals surface area contributed by atoms with E-state index in [1.54, 1.807) is 20.0 Å². The van der Waals surface area contributed by atoms with Crippen molar-refractivity contribution in [1.29, 1.82) is 0 Å². The third-order valence-electron chi connectivity index (χ3n) is 6.04. The number of aromatic nitrogens is 2. The van der Waals surface area contributed by atoms with Crippen LogP contribution in [0.25, 0.3) is 10.4 Å². The highest BCUT2D eigenvalue weighted by Crippen LogP contribution is 2.34. The molecular weight excluding hydrogens is 532 g/mol. The number of ketones is 1. The summed E-state index contributed by atoms with van der Waals surface area (Å²) in [6, 6.07) is 6.57. The molecule has 1 amide bonds. The fraction of sp³-hybridized carbons (Fsp3) is 0.320. The van der Waals surface area contributed by atoms with Crippen molar-refractivity contribution in [3.05, 3.63) is 53.5 Å². The highest BCUT2D eigenvalue weighted by Gasteiger charge is 2.23. The van der Waals surface area contributed by atoms with Crippen molar-refractivity contribution in [1.82, 2.24) is 9.97 Å². The highest BCUT2D eigenvalue weighted by molar-refractivity contribution is 7.92. The van der Waals surface area contributed by atoms with E-state index in [-0.39, 0.29) is 33.7 Å². The predicted octanol–water partition coefficient (Wildman–Crippen LogP) is 3.65. The molecule has 0 saturated carbocycles. The summed E-state index contributed by atoms with van der Waals surface area (Å²) in [6.07, 6.45) is 3.64. The largest absolute Gasteiger partial charge is 0.475 e. The summed E-state index contributed by atoms with van der Waals surface area (Å²) in [5.41, 5.74) is 1.50. The highest BCUT2D eigenvalue weighted by atomic mass is 32.2. The maximum atomic E-state index is 13.2. The summed E-state index contributed by atoms with van der Waals surface area (Å²) in [7, 11) is -4.07. The van der Waals surface area contributed by atoms with Gasteiger partial charge in [0.05, 0.1) is 16.3 Å². The van der Waals surface area contributed by atoms with Gasteiger partial charge in [-0.15, -0.1) is 0 Å². The Bertz CT molecular complexity index is 1480. The lowest BCUT2D eigenvalue weighted by molar-refractivity contribution is -0.131. The van der Waals surface area contributed by atoms with Crippen LogP contribution in [0, 0.1) is 19.8 Å². The van der Waals surface area contributed by atoms with Gasteiger partial charge < -0.3 is 15.2 Å². The topological polar surface area (TPSA) is 165 Å². The number of rotatable bonds is 9.